The van der Waals surface area contributed by atoms with Crippen LogP contribution < -0.4 is 4.90 Å². The molecule has 138 valence electrons. The fourth-order valence-electron chi connectivity index (χ4n) is 3.40. The van der Waals surface area contributed by atoms with E-state index >= 15 is 0 Å². The number of pyridine rings is 1. The third-order valence-corrected chi connectivity index (χ3v) is 5.23. The Balaban J connectivity index is 1.43. The van der Waals surface area contributed by atoms with Gasteiger partial charge in [-0.2, -0.15) is 0 Å². The SMILES string of the molecule is CCOC(=O)c1cn(Cc2ccc(N3CC4C(C3)C4(F)F)nc2Cl)cn1. The van der Waals surface area contributed by atoms with E-state index in [2.05, 4.69) is 9.97 Å². The van der Waals surface area contributed by atoms with Crippen molar-refractivity contribution in [1.82, 2.24) is 14.5 Å². The van der Waals surface area contributed by atoms with Crippen molar-refractivity contribution in [1.29, 1.82) is 0 Å². The third-order valence-electron chi connectivity index (χ3n) is 4.91. The molecule has 0 bridgehead atoms. The van der Waals surface area contributed by atoms with Gasteiger partial charge < -0.3 is 14.2 Å². The number of hydrogen-bond donors (Lipinski definition) is 0. The Morgan fingerprint density at radius 2 is 2.12 bits per heavy atom. The van der Waals surface area contributed by atoms with Gasteiger partial charge in [-0.25, -0.2) is 23.5 Å². The molecule has 1 aliphatic carbocycles. The Kier molecular flexibility index (Phi) is 4.10. The molecule has 3 heterocycles. The second-order valence-electron chi connectivity index (χ2n) is 6.56. The van der Waals surface area contributed by atoms with E-state index in [1.165, 1.54) is 6.33 Å². The lowest BCUT2D eigenvalue weighted by molar-refractivity contribution is 0.0520. The van der Waals surface area contributed by atoms with Crippen molar-refractivity contribution in [3.63, 3.8) is 0 Å². The molecule has 0 N–H and O–H groups in total. The van der Waals surface area contributed by atoms with Crippen LogP contribution in [0.15, 0.2) is 24.7 Å². The smallest absolute Gasteiger partial charge is 0.358 e. The van der Waals surface area contributed by atoms with E-state index in [0.29, 0.717) is 30.6 Å². The molecule has 2 aromatic heterocycles. The highest BCUT2D eigenvalue weighted by Gasteiger charge is 2.71. The molecule has 4 rings (SSSR count). The molecule has 6 nitrogen and oxygen atoms in total. The summed E-state index contributed by atoms with van der Waals surface area (Å²) >= 11 is 6.27. The number of imidazole rings is 1. The number of esters is 1. The van der Waals surface area contributed by atoms with Gasteiger partial charge in [0.05, 0.1) is 31.3 Å². The van der Waals surface area contributed by atoms with Crippen molar-refractivity contribution in [2.45, 2.75) is 19.4 Å². The van der Waals surface area contributed by atoms with Crippen LogP contribution in [0.5, 0.6) is 0 Å². The molecule has 0 radical (unpaired) electrons. The average molecular weight is 383 g/mol. The topological polar surface area (TPSA) is 60.2 Å². The second kappa shape index (κ2) is 6.19. The zero-order chi connectivity index (χ0) is 18.5. The molecule has 0 aromatic carbocycles. The van der Waals surface area contributed by atoms with E-state index in [1.54, 1.807) is 23.8 Å². The highest BCUT2D eigenvalue weighted by atomic mass is 35.5. The van der Waals surface area contributed by atoms with Crippen LogP contribution in [0.25, 0.3) is 0 Å². The van der Waals surface area contributed by atoms with Gasteiger partial charge in [0.2, 0.25) is 0 Å². The molecule has 0 amide bonds. The van der Waals surface area contributed by atoms with E-state index in [1.807, 2.05) is 11.0 Å². The first-order chi connectivity index (χ1) is 12.4. The van der Waals surface area contributed by atoms with E-state index in [9.17, 15) is 13.6 Å². The van der Waals surface area contributed by atoms with Gasteiger partial charge >= 0.3 is 5.97 Å². The molecule has 26 heavy (non-hydrogen) atoms. The van der Waals surface area contributed by atoms with E-state index in [4.69, 9.17) is 16.3 Å². The van der Waals surface area contributed by atoms with Crippen LogP contribution in [0.1, 0.15) is 23.0 Å². The second-order valence-corrected chi connectivity index (χ2v) is 6.92. The molecule has 1 saturated carbocycles. The lowest BCUT2D eigenvalue weighted by atomic mass is 10.2. The Hall–Kier alpha value is -2.22. The number of alkyl halides is 2. The molecule has 2 atom stereocenters. The largest absolute Gasteiger partial charge is 0.461 e. The predicted molar refractivity (Wildman–Crippen MR) is 90.7 cm³/mol. The first-order valence-corrected chi connectivity index (χ1v) is 8.75. The minimum atomic E-state index is -2.52. The number of halogens is 3. The summed E-state index contributed by atoms with van der Waals surface area (Å²) in [6.07, 6.45) is 3.10. The van der Waals surface area contributed by atoms with E-state index in [0.717, 1.165) is 5.56 Å². The Labute approximate surface area is 153 Å². The minimum Gasteiger partial charge on any atom is -0.461 e. The van der Waals surface area contributed by atoms with Gasteiger partial charge in [0.15, 0.2) is 5.69 Å². The number of aromatic nitrogens is 3. The molecule has 1 aliphatic heterocycles. The molecular formula is C17H17ClF2N4O2. The summed E-state index contributed by atoms with van der Waals surface area (Å²) in [6.45, 7) is 3.03. The Morgan fingerprint density at radius 3 is 2.77 bits per heavy atom. The maximum absolute atomic E-state index is 13.3. The number of carbonyl (C=O) groups is 1. The summed E-state index contributed by atoms with van der Waals surface area (Å²) in [4.78, 5) is 21.9. The summed E-state index contributed by atoms with van der Waals surface area (Å²) in [6, 6.07) is 3.60. The van der Waals surface area contributed by atoms with Gasteiger partial charge in [-0.1, -0.05) is 17.7 Å². The lowest BCUT2D eigenvalue weighted by Crippen LogP contribution is -2.28. The molecule has 2 aliphatic rings. The first kappa shape index (κ1) is 17.2. The Morgan fingerprint density at radius 1 is 1.38 bits per heavy atom. The summed E-state index contributed by atoms with van der Waals surface area (Å²) in [7, 11) is 0. The Bertz CT molecular complexity index is 843. The van der Waals surface area contributed by atoms with Gasteiger partial charge in [0.1, 0.15) is 11.0 Å². The van der Waals surface area contributed by atoms with Gasteiger partial charge in [-0.05, 0) is 13.0 Å². The van der Waals surface area contributed by atoms with Gasteiger partial charge in [0.25, 0.3) is 5.92 Å². The van der Waals surface area contributed by atoms with Crippen molar-refractivity contribution in [2.24, 2.45) is 11.8 Å². The molecule has 0 spiro atoms. The molecular weight excluding hydrogens is 366 g/mol. The van der Waals surface area contributed by atoms with E-state index < -0.39 is 23.7 Å². The number of anilines is 1. The van der Waals surface area contributed by atoms with Crippen molar-refractivity contribution >= 4 is 23.4 Å². The van der Waals surface area contributed by atoms with Crippen molar-refractivity contribution in [3.8, 4) is 0 Å². The number of carbonyl (C=O) groups excluding carboxylic acids is 1. The standard InChI is InChI=1S/C17H17ClF2N4O2/c1-2-26-16(25)13-8-23(9-21-13)5-10-3-4-14(22-15(10)18)24-6-11-12(7-24)17(11,19)20/h3-4,8-9,11-12H,2,5-7H2,1H3. The van der Waals surface area contributed by atoms with Gasteiger partial charge in [-0.3, -0.25) is 0 Å². The number of nitrogens with zero attached hydrogens (tertiary/aromatic N) is 4. The summed E-state index contributed by atoms with van der Waals surface area (Å²) in [5.41, 5.74) is 0.975. The molecule has 1 saturated heterocycles. The lowest BCUT2D eigenvalue weighted by Gasteiger charge is -2.21. The van der Waals surface area contributed by atoms with Crippen LogP contribution in [-0.2, 0) is 11.3 Å². The van der Waals surface area contributed by atoms with Crippen molar-refractivity contribution in [2.75, 3.05) is 24.6 Å². The van der Waals surface area contributed by atoms with Crippen molar-refractivity contribution < 1.29 is 18.3 Å². The number of rotatable bonds is 5. The maximum atomic E-state index is 13.3. The van der Waals surface area contributed by atoms with Crippen LogP contribution >= 0.6 is 11.6 Å². The molecule has 9 heteroatoms. The highest BCUT2D eigenvalue weighted by Crippen LogP contribution is 2.59. The van der Waals surface area contributed by atoms with Gasteiger partial charge in [0, 0.05) is 24.8 Å². The minimum absolute atomic E-state index is 0.227. The number of hydrogen-bond acceptors (Lipinski definition) is 5. The summed E-state index contributed by atoms with van der Waals surface area (Å²) < 4.78 is 33.2. The fourth-order valence-corrected chi connectivity index (χ4v) is 3.61. The zero-order valence-electron chi connectivity index (χ0n) is 14.0. The maximum Gasteiger partial charge on any atom is 0.358 e. The summed E-state index contributed by atoms with van der Waals surface area (Å²) in [5, 5.41) is 0.307. The van der Waals surface area contributed by atoms with Crippen molar-refractivity contribution in [3.05, 3.63) is 41.1 Å². The zero-order valence-corrected chi connectivity index (χ0v) is 14.8. The van der Waals surface area contributed by atoms with Crippen LogP contribution in [-0.4, -0.2) is 46.1 Å². The van der Waals surface area contributed by atoms with E-state index in [-0.39, 0.29) is 12.3 Å². The quantitative estimate of drug-likeness (QED) is 0.588. The van der Waals surface area contributed by atoms with Crippen LogP contribution in [0.3, 0.4) is 0 Å². The van der Waals surface area contributed by atoms with Gasteiger partial charge in [-0.15, -0.1) is 0 Å². The number of piperidine rings is 1. The summed E-state index contributed by atoms with van der Waals surface area (Å²) in [5.74, 6) is -3.50. The monoisotopic (exact) mass is 382 g/mol. The van der Waals surface area contributed by atoms with Crippen LogP contribution in [0, 0.1) is 11.8 Å². The van der Waals surface area contributed by atoms with Crippen LogP contribution in [0.4, 0.5) is 14.6 Å². The molecule has 2 fully saturated rings. The average Bonchev–Trinajstić information content (AvgIpc) is 3.05. The van der Waals surface area contributed by atoms with Crippen LogP contribution in [0.2, 0.25) is 5.15 Å². The number of fused-ring (bicyclic) bond motifs is 1. The fraction of sp³-hybridized carbons (Fsp3) is 0.471. The molecule has 2 aromatic rings. The highest BCUT2D eigenvalue weighted by molar-refractivity contribution is 6.30. The third kappa shape index (κ3) is 2.92. The normalized spacial score (nSPS) is 23.0. The molecule has 2 unspecified atom stereocenters. The predicted octanol–water partition coefficient (Wildman–Crippen LogP) is 2.86. The number of ether oxygens (including phenoxy) is 1. The first-order valence-electron chi connectivity index (χ1n) is 8.37.